The van der Waals surface area contributed by atoms with Crippen LogP contribution in [-0.2, 0) is 11.8 Å². The van der Waals surface area contributed by atoms with Crippen molar-refractivity contribution in [1.29, 1.82) is 0 Å². The summed E-state index contributed by atoms with van der Waals surface area (Å²) in [5.41, 5.74) is 4.80. The highest BCUT2D eigenvalue weighted by molar-refractivity contribution is 5.93. The quantitative estimate of drug-likeness (QED) is 0.418. The number of aromatic nitrogens is 5. The Morgan fingerprint density at radius 1 is 1.06 bits per heavy atom. The van der Waals surface area contributed by atoms with Crippen LogP contribution in [0.25, 0.3) is 39.0 Å². The fraction of sp³-hybridized carbons (Fsp3) is 0.240. The SMILES string of the molecule is Cn1cnc(-c2cccc3ccc(-n4cnc5cc(OCC6(C)COC6)ccc54)nc23)c1. The zero-order valence-corrected chi connectivity index (χ0v) is 18.0. The molecule has 4 heterocycles. The minimum absolute atomic E-state index is 0.106. The lowest BCUT2D eigenvalue weighted by molar-refractivity contribution is -0.120. The number of ether oxygens (including phenoxy) is 2. The van der Waals surface area contributed by atoms with Crippen LogP contribution in [0.2, 0.25) is 0 Å². The predicted molar refractivity (Wildman–Crippen MR) is 123 cm³/mol. The van der Waals surface area contributed by atoms with E-state index in [0.717, 1.165) is 58.0 Å². The second-order valence-corrected chi connectivity index (χ2v) is 8.83. The summed E-state index contributed by atoms with van der Waals surface area (Å²) >= 11 is 0. The lowest BCUT2D eigenvalue weighted by atomic mass is 9.90. The first-order chi connectivity index (χ1) is 15.6. The van der Waals surface area contributed by atoms with Gasteiger partial charge in [-0.1, -0.05) is 25.1 Å². The van der Waals surface area contributed by atoms with Gasteiger partial charge in [-0.25, -0.2) is 15.0 Å². The van der Waals surface area contributed by atoms with Gasteiger partial charge in [-0.15, -0.1) is 0 Å². The summed E-state index contributed by atoms with van der Waals surface area (Å²) < 4.78 is 15.3. The van der Waals surface area contributed by atoms with Gasteiger partial charge in [0.2, 0.25) is 0 Å². The van der Waals surface area contributed by atoms with Gasteiger partial charge >= 0.3 is 0 Å². The Hall–Kier alpha value is -3.71. The molecular weight excluding hydrogens is 402 g/mol. The van der Waals surface area contributed by atoms with Crippen molar-refractivity contribution >= 4 is 21.9 Å². The summed E-state index contributed by atoms with van der Waals surface area (Å²) in [6.45, 7) is 4.31. The van der Waals surface area contributed by atoms with E-state index >= 15 is 0 Å². The molecule has 0 unspecified atom stereocenters. The maximum absolute atomic E-state index is 6.01. The Balaban J connectivity index is 1.37. The fourth-order valence-corrected chi connectivity index (χ4v) is 4.09. The number of imidazole rings is 2. The average molecular weight is 425 g/mol. The average Bonchev–Trinajstić information content (AvgIpc) is 3.41. The molecule has 1 fully saturated rings. The molecule has 6 rings (SSSR count). The molecule has 0 bridgehead atoms. The molecule has 32 heavy (non-hydrogen) atoms. The van der Waals surface area contributed by atoms with E-state index in [0.29, 0.717) is 6.61 Å². The molecule has 5 aromatic rings. The molecular formula is C25H23N5O2. The number of benzene rings is 2. The standard InChI is InChI=1S/C25H23N5O2/c1-25(12-31-13-25)14-32-18-7-8-22-20(10-18)27-16-30(22)23-9-6-17-4-3-5-19(24(17)28-23)21-11-29(2)15-26-21/h3-11,15-16H,12-14H2,1-2H3. The van der Waals surface area contributed by atoms with E-state index in [1.54, 1.807) is 6.33 Å². The number of rotatable bonds is 5. The molecule has 0 aliphatic carbocycles. The van der Waals surface area contributed by atoms with Crippen LogP contribution < -0.4 is 4.74 Å². The fourth-order valence-electron chi connectivity index (χ4n) is 4.09. The molecule has 0 amide bonds. The second kappa shape index (κ2) is 7.17. The first-order valence-corrected chi connectivity index (χ1v) is 10.6. The zero-order chi connectivity index (χ0) is 21.7. The minimum Gasteiger partial charge on any atom is -0.493 e. The van der Waals surface area contributed by atoms with Crippen LogP contribution >= 0.6 is 0 Å². The Labute approximate surface area is 185 Å². The van der Waals surface area contributed by atoms with E-state index in [9.17, 15) is 0 Å². The van der Waals surface area contributed by atoms with Gasteiger partial charge in [0.25, 0.3) is 0 Å². The summed E-state index contributed by atoms with van der Waals surface area (Å²) in [7, 11) is 1.97. The van der Waals surface area contributed by atoms with Crippen LogP contribution in [0, 0.1) is 5.41 Å². The number of hydrogen-bond donors (Lipinski definition) is 0. The van der Waals surface area contributed by atoms with Crippen molar-refractivity contribution in [2.75, 3.05) is 19.8 Å². The molecule has 7 nitrogen and oxygen atoms in total. The highest BCUT2D eigenvalue weighted by atomic mass is 16.5. The summed E-state index contributed by atoms with van der Waals surface area (Å²) in [6.07, 6.45) is 5.62. The van der Waals surface area contributed by atoms with Crippen LogP contribution in [0.5, 0.6) is 5.75 Å². The third-order valence-corrected chi connectivity index (χ3v) is 5.94. The molecule has 1 saturated heterocycles. The van der Waals surface area contributed by atoms with E-state index < -0.39 is 0 Å². The summed E-state index contributed by atoms with van der Waals surface area (Å²) in [4.78, 5) is 14.1. The van der Waals surface area contributed by atoms with Crippen LogP contribution in [0.3, 0.4) is 0 Å². The monoisotopic (exact) mass is 425 g/mol. The second-order valence-electron chi connectivity index (χ2n) is 8.83. The highest BCUT2D eigenvalue weighted by Crippen LogP contribution is 2.30. The molecule has 0 atom stereocenters. The number of para-hydroxylation sites is 1. The highest BCUT2D eigenvalue weighted by Gasteiger charge is 2.34. The molecule has 3 aromatic heterocycles. The number of fused-ring (bicyclic) bond motifs is 2. The van der Waals surface area contributed by atoms with Crippen LogP contribution in [-0.4, -0.2) is 43.9 Å². The summed E-state index contributed by atoms with van der Waals surface area (Å²) in [5, 5.41) is 1.07. The van der Waals surface area contributed by atoms with E-state index in [1.165, 1.54) is 0 Å². The van der Waals surface area contributed by atoms with Gasteiger partial charge in [-0.3, -0.25) is 4.57 Å². The van der Waals surface area contributed by atoms with Gasteiger partial charge in [-0.2, -0.15) is 0 Å². The van der Waals surface area contributed by atoms with Gasteiger partial charge < -0.3 is 14.0 Å². The first-order valence-electron chi connectivity index (χ1n) is 10.6. The molecule has 0 radical (unpaired) electrons. The van der Waals surface area contributed by atoms with Gasteiger partial charge in [0.15, 0.2) is 0 Å². The third kappa shape index (κ3) is 3.22. The van der Waals surface area contributed by atoms with Gasteiger partial charge in [0.1, 0.15) is 17.9 Å². The van der Waals surface area contributed by atoms with Crippen LogP contribution in [0.1, 0.15) is 6.92 Å². The van der Waals surface area contributed by atoms with Crippen LogP contribution in [0.15, 0.2) is 67.4 Å². The van der Waals surface area contributed by atoms with Gasteiger partial charge in [0.05, 0.1) is 48.4 Å². The minimum atomic E-state index is 0.106. The van der Waals surface area contributed by atoms with E-state index in [2.05, 4.69) is 35.1 Å². The summed E-state index contributed by atoms with van der Waals surface area (Å²) in [6, 6.07) is 16.3. The van der Waals surface area contributed by atoms with E-state index in [-0.39, 0.29) is 5.41 Å². The predicted octanol–water partition coefficient (Wildman–Crippen LogP) is 4.39. The number of pyridine rings is 1. The third-order valence-electron chi connectivity index (χ3n) is 5.94. The topological polar surface area (TPSA) is 67.0 Å². The molecule has 0 saturated carbocycles. The summed E-state index contributed by atoms with van der Waals surface area (Å²) in [5.74, 6) is 1.64. The normalized spacial score (nSPS) is 15.2. The Bertz CT molecular complexity index is 1450. The molecule has 7 heteroatoms. The van der Waals surface area contributed by atoms with Crippen molar-refractivity contribution in [3.8, 4) is 22.8 Å². The van der Waals surface area contributed by atoms with Crippen molar-refractivity contribution in [3.63, 3.8) is 0 Å². The Kier molecular flexibility index (Phi) is 4.26. The molecule has 160 valence electrons. The molecule has 1 aliphatic heterocycles. The number of nitrogens with zero attached hydrogens (tertiary/aromatic N) is 5. The van der Waals surface area contributed by atoms with E-state index in [1.807, 2.05) is 59.0 Å². The number of aryl methyl sites for hydroxylation is 1. The lowest BCUT2D eigenvalue weighted by Crippen LogP contribution is -2.44. The van der Waals surface area contributed by atoms with Crippen molar-refractivity contribution in [1.82, 2.24) is 24.1 Å². The number of hydrogen-bond acceptors (Lipinski definition) is 5. The molecule has 0 N–H and O–H groups in total. The Morgan fingerprint density at radius 3 is 2.75 bits per heavy atom. The molecule has 0 spiro atoms. The van der Waals surface area contributed by atoms with E-state index in [4.69, 9.17) is 14.5 Å². The van der Waals surface area contributed by atoms with Crippen LogP contribution in [0.4, 0.5) is 0 Å². The zero-order valence-electron chi connectivity index (χ0n) is 18.0. The van der Waals surface area contributed by atoms with Crippen molar-refractivity contribution < 1.29 is 9.47 Å². The van der Waals surface area contributed by atoms with Crippen molar-refractivity contribution in [2.24, 2.45) is 12.5 Å². The Morgan fingerprint density at radius 2 is 1.97 bits per heavy atom. The van der Waals surface area contributed by atoms with Gasteiger partial charge in [0, 0.05) is 35.7 Å². The molecule has 1 aliphatic rings. The first kappa shape index (κ1) is 19.0. The van der Waals surface area contributed by atoms with Gasteiger partial charge in [-0.05, 0) is 24.3 Å². The smallest absolute Gasteiger partial charge is 0.139 e. The van der Waals surface area contributed by atoms with Crippen molar-refractivity contribution in [2.45, 2.75) is 6.92 Å². The maximum Gasteiger partial charge on any atom is 0.139 e. The lowest BCUT2D eigenvalue weighted by Gasteiger charge is -2.37. The van der Waals surface area contributed by atoms with Crippen molar-refractivity contribution in [3.05, 3.63) is 67.4 Å². The molecule has 2 aromatic carbocycles. The maximum atomic E-state index is 6.01. The largest absolute Gasteiger partial charge is 0.493 e.